The summed E-state index contributed by atoms with van der Waals surface area (Å²) in [5.74, 6) is -0.289. The maximum absolute atomic E-state index is 11.3. The second-order valence-electron chi connectivity index (χ2n) is 4.66. The molecular formula is C13H18ClN3O. The Balaban J connectivity index is 2.22. The number of nitrogens with two attached hydrogens (primary N) is 2. The van der Waals surface area contributed by atoms with Crippen molar-refractivity contribution in [3.63, 3.8) is 0 Å². The van der Waals surface area contributed by atoms with Crippen LogP contribution in [0.4, 0.5) is 5.69 Å². The number of halogens is 1. The number of hydrogen-bond donors (Lipinski definition) is 2. The molecular weight excluding hydrogens is 250 g/mol. The molecule has 1 aromatic carbocycles. The minimum atomic E-state index is -0.219. The molecule has 0 bridgehead atoms. The van der Waals surface area contributed by atoms with Crippen molar-refractivity contribution in [2.24, 2.45) is 17.4 Å². The minimum absolute atomic E-state index is 0.0694. The molecule has 1 saturated heterocycles. The fourth-order valence-electron chi connectivity index (χ4n) is 2.45. The largest absolute Gasteiger partial charge is 0.370 e. The third-order valence-corrected chi connectivity index (χ3v) is 3.66. The fourth-order valence-corrected chi connectivity index (χ4v) is 2.65. The standard InChI is InChI=1S/C13H18ClN3O/c14-11-3-4-12(10(6-11)7-15)17-5-1-2-9(8-17)13(16)18/h3-4,6,9H,1-2,5,7-8,15H2,(H2,16,18). The lowest BCUT2D eigenvalue weighted by Gasteiger charge is -2.34. The number of rotatable bonds is 3. The zero-order valence-corrected chi connectivity index (χ0v) is 11.0. The first-order chi connectivity index (χ1) is 8.61. The van der Waals surface area contributed by atoms with Crippen LogP contribution >= 0.6 is 11.6 Å². The molecule has 1 amide bonds. The van der Waals surface area contributed by atoms with Crippen LogP contribution in [0.3, 0.4) is 0 Å². The molecule has 2 rings (SSSR count). The van der Waals surface area contributed by atoms with Gasteiger partial charge in [0.15, 0.2) is 0 Å². The van der Waals surface area contributed by atoms with Crippen LogP contribution in [0.2, 0.25) is 5.02 Å². The van der Waals surface area contributed by atoms with Crippen LogP contribution in [-0.2, 0) is 11.3 Å². The van der Waals surface area contributed by atoms with E-state index in [0.717, 1.165) is 30.6 Å². The molecule has 1 aliphatic heterocycles. The Hall–Kier alpha value is -1.26. The summed E-state index contributed by atoms with van der Waals surface area (Å²) in [4.78, 5) is 13.5. The summed E-state index contributed by atoms with van der Waals surface area (Å²) in [5, 5.41) is 0.683. The molecule has 5 heteroatoms. The van der Waals surface area contributed by atoms with E-state index in [2.05, 4.69) is 4.90 Å². The van der Waals surface area contributed by atoms with E-state index in [0.29, 0.717) is 18.1 Å². The number of primary amides is 1. The predicted octanol–water partition coefficient (Wildman–Crippen LogP) is 1.50. The van der Waals surface area contributed by atoms with Gasteiger partial charge in [0.1, 0.15) is 0 Å². The van der Waals surface area contributed by atoms with Crippen molar-refractivity contribution in [3.8, 4) is 0 Å². The van der Waals surface area contributed by atoms with Crippen molar-refractivity contribution in [2.75, 3.05) is 18.0 Å². The van der Waals surface area contributed by atoms with Crippen LogP contribution in [-0.4, -0.2) is 19.0 Å². The van der Waals surface area contributed by atoms with Crippen LogP contribution in [0.5, 0.6) is 0 Å². The van der Waals surface area contributed by atoms with E-state index in [1.807, 2.05) is 18.2 Å². The predicted molar refractivity (Wildman–Crippen MR) is 73.5 cm³/mol. The van der Waals surface area contributed by atoms with Crippen molar-refractivity contribution in [1.82, 2.24) is 0 Å². The topological polar surface area (TPSA) is 72.3 Å². The summed E-state index contributed by atoms with van der Waals surface area (Å²) in [7, 11) is 0. The van der Waals surface area contributed by atoms with Gasteiger partial charge in [0.2, 0.25) is 5.91 Å². The molecule has 18 heavy (non-hydrogen) atoms. The fraction of sp³-hybridized carbons (Fsp3) is 0.462. The van der Waals surface area contributed by atoms with Crippen molar-refractivity contribution in [2.45, 2.75) is 19.4 Å². The third kappa shape index (κ3) is 2.76. The summed E-state index contributed by atoms with van der Waals surface area (Å²) in [6, 6.07) is 5.70. The lowest BCUT2D eigenvalue weighted by molar-refractivity contribution is -0.122. The van der Waals surface area contributed by atoms with Gasteiger partial charge >= 0.3 is 0 Å². The molecule has 4 nitrogen and oxygen atoms in total. The van der Waals surface area contributed by atoms with Gasteiger partial charge in [-0.05, 0) is 36.6 Å². The van der Waals surface area contributed by atoms with E-state index in [9.17, 15) is 4.79 Å². The van der Waals surface area contributed by atoms with Gasteiger partial charge in [-0.3, -0.25) is 4.79 Å². The maximum Gasteiger partial charge on any atom is 0.222 e. The summed E-state index contributed by atoms with van der Waals surface area (Å²) in [5.41, 5.74) is 13.2. The molecule has 1 heterocycles. The van der Waals surface area contributed by atoms with E-state index in [4.69, 9.17) is 23.1 Å². The van der Waals surface area contributed by atoms with Gasteiger partial charge in [0.25, 0.3) is 0 Å². The van der Waals surface area contributed by atoms with Gasteiger partial charge in [-0.1, -0.05) is 11.6 Å². The van der Waals surface area contributed by atoms with Crippen LogP contribution in [0.25, 0.3) is 0 Å². The highest BCUT2D eigenvalue weighted by Crippen LogP contribution is 2.28. The number of benzene rings is 1. The molecule has 1 unspecified atom stereocenters. The molecule has 0 saturated carbocycles. The van der Waals surface area contributed by atoms with Crippen molar-refractivity contribution < 1.29 is 4.79 Å². The number of piperidine rings is 1. The number of hydrogen-bond acceptors (Lipinski definition) is 3. The summed E-state index contributed by atoms with van der Waals surface area (Å²) >= 11 is 5.97. The summed E-state index contributed by atoms with van der Waals surface area (Å²) in [6.07, 6.45) is 1.84. The lowest BCUT2D eigenvalue weighted by atomic mass is 9.96. The Labute approximate surface area is 112 Å². The average molecular weight is 268 g/mol. The van der Waals surface area contributed by atoms with Crippen molar-refractivity contribution >= 4 is 23.2 Å². The lowest BCUT2D eigenvalue weighted by Crippen LogP contribution is -2.41. The Kier molecular flexibility index (Phi) is 4.09. The molecule has 0 radical (unpaired) electrons. The Morgan fingerprint density at radius 3 is 2.94 bits per heavy atom. The van der Waals surface area contributed by atoms with Crippen LogP contribution in [0.1, 0.15) is 18.4 Å². The molecule has 1 aliphatic rings. The Morgan fingerprint density at radius 2 is 2.28 bits per heavy atom. The molecule has 1 atom stereocenters. The first-order valence-electron chi connectivity index (χ1n) is 6.14. The summed E-state index contributed by atoms with van der Waals surface area (Å²) < 4.78 is 0. The van der Waals surface area contributed by atoms with Crippen LogP contribution in [0.15, 0.2) is 18.2 Å². The highest BCUT2D eigenvalue weighted by atomic mass is 35.5. The molecule has 0 aromatic heterocycles. The second-order valence-corrected chi connectivity index (χ2v) is 5.10. The van der Waals surface area contributed by atoms with E-state index < -0.39 is 0 Å². The van der Waals surface area contributed by atoms with Crippen LogP contribution in [0, 0.1) is 5.92 Å². The highest BCUT2D eigenvalue weighted by Gasteiger charge is 2.25. The molecule has 1 aromatic rings. The zero-order chi connectivity index (χ0) is 13.1. The molecule has 98 valence electrons. The zero-order valence-electron chi connectivity index (χ0n) is 10.2. The number of carbonyl (C=O) groups is 1. The first kappa shape index (κ1) is 13.2. The SMILES string of the molecule is NCc1cc(Cl)ccc1N1CCCC(C(N)=O)C1. The highest BCUT2D eigenvalue weighted by molar-refractivity contribution is 6.30. The van der Waals surface area contributed by atoms with E-state index in [-0.39, 0.29) is 11.8 Å². The average Bonchev–Trinajstić information content (AvgIpc) is 2.38. The summed E-state index contributed by atoms with van der Waals surface area (Å²) in [6.45, 7) is 2.04. The van der Waals surface area contributed by atoms with E-state index in [1.165, 1.54) is 0 Å². The van der Waals surface area contributed by atoms with Gasteiger partial charge in [-0.25, -0.2) is 0 Å². The monoisotopic (exact) mass is 267 g/mol. The van der Waals surface area contributed by atoms with Crippen molar-refractivity contribution in [1.29, 1.82) is 0 Å². The van der Waals surface area contributed by atoms with Crippen LogP contribution < -0.4 is 16.4 Å². The molecule has 4 N–H and O–H groups in total. The molecule has 0 spiro atoms. The van der Waals surface area contributed by atoms with Crippen molar-refractivity contribution in [3.05, 3.63) is 28.8 Å². The number of carbonyl (C=O) groups excluding carboxylic acids is 1. The van der Waals surface area contributed by atoms with Gasteiger partial charge in [-0.2, -0.15) is 0 Å². The van der Waals surface area contributed by atoms with Gasteiger partial charge < -0.3 is 16.4 Å². The Bertz CT molecular complexity index is 450. The third-order valence-electron chi connectivity index (χ3n) is 3.43. The molecule has 1 fully saturated rings. The first-order valence-corrected chi connectivity index (χ1v) is 6.52. The number of anilines is 1. The smallest absolute Gasteiger partial charge is 0.222 e. The Morgan fingerprint density at radius 1 is 1.50 bits per heavy atom. The second kappa shape index (κ2) is 5.59. The van der Waals surface area contributed by atoms with E-state index >= 15 is 0 Å². The number of nitrogens with zero attached hydrogens (tertiary/aromatic N) is 1. The quantitative estimate of drug-likeness (QED) is 0.872. The van der Waals surface area contributed by atoms with Gasteiger partial charge in [-0.15, -0.1) is 0 Å². The molecule has 0 aliphatic carbocycles. The minimum Gasteiger partial charge on any atom is -0.370 e. The van der Waals surface area contributed by atoms with Gasteiger partial charge in [0.05, 0.1) is 5.92 Å². The normalized spacial score (nSPS) is 19.9. The van der Waals surface area contributed by atoms with E-state index in [1.54, 1.807) is 0 Å². The van der Waals surface area contributed by atoms with Gasteiger partial charge in [0, 0.05) is 30.3 Å². The number of amides is 1. The maximum atomic E-state index is 11.3.